The molecule has 7 unspecified atom stereocenters. The predicted molar refractivity (Wildman–Crippen MR) is 122 cm³/mol. The molecule has 0 aromatic heterocycles. The summed E-state index contributed by atoms with van der Waals surface area (Å²) in [6, 6.07) is 0.402. The zero-order valence-corrected chi connectivity index (χ0v) is 19.9. The van der Waals surface area contributed by atoms with Crippen LogP contribution in [0.4, 0.5) is 0 Å². The summed E-state index contributed by atoms with van der Waals surface area (Å²) in [4.78, 5) is 30.8. The number of carbonyl (C=O) groups excluding carboxylic acids is 2. The van der Waals surface area contributed by atoms with Gasteiger partial charge in [0.05, 0.1) is 18.2 Å². The van der Waals surface area contributed by atoms with Crippen molar-refractivity contribution in [1.82, 2.24) is 26.0 Å². The van der Waals surface area contributed by atoms with Gasteiger partial charge in [0.15, 0.2) is 0 Å². The fourth-order valence-electron chi connectivity index (χ4n) is 7.10. The second-order valence-electron chi connectivity index (χ2n) is 11.0. The summed E-state index contributed by atoms with van der Waals surface area (Å²) in [6.45, 7) is 4.29. The zero-order chi connectivity index (χ0) is 22.5. The van der Waals surface area contributed by atoms with E-state index in [1.165, 1.54) is 25.7 Å². The van der Waals surface area contributed by atoms with Crippen LogP contribution in [0.3, 0.4) is 0 Å². The summed E-state index contributed by atoms with van der Waals surface area (Å²) < 4.78 is 5.38. The number of amides is 2. The third-order valence-corrected chi connectivity index (χ3v) is 9.33. The van der Waals surface area contributed by atoms with Crippen molar-refractivity contribution in [2.24, 2.45) is 17.8 Å². The van der Waals surface area contributed by atoms with Crippen molar-refractivity contribution in [3.63, 3.8) is 0 Å². The number of rotatable bonds is 6. The first-order valence-electron chi connectivity index (χ1n) is 12.8. The minimum atomic E-state index is -0.293. The number of methoxy groups -OCH3 is 1. The fraction of sp³-hybridized carbons (Fsp3) is 0.917. The average Bonchev–Trinajstić information content (AvgIpc) is 3.27. The number of piperidine rings is 1. The fourth-order valence-corrected chi connectivity index (χ4v) is 7.10. The molecule has 5 aliphatic rings. The first-order chi connectivity index (χ1) is 15.5. The van der Waals surface area contributed by atoms with E-state index in [4.69, 9.17) is 4.74 Å². The van der Waals surface area contributed by atoms with Crippen molar-refractivity contribution >= 4 is 11.8 Å². The van der Waals surface area contributed by atoms with E-state index in [0.717, 1.165) is 38.1 Å². The van der Waals surface area contributed by atoms with Crippen molar-refractivity contribution in [1.29, 1.82) is 0 Å². The molecule has 2 saturated carbocycles. The number of likely N-dealkylation sites (tertiary alicyclic amines) is 1. The molecule has 3 N–H and O–H groups in total. The Labute approximate surface area is 192 Å². The van der Waals surface area contributed by atoms with E-state index < -0.39 is 0 Å². The monoisotopic (exact) mass is 447 g/mol. The van der Waals surface area contributed by atoms with E-state index in [1.807, 2.05) is 16.8 Å². The summed E-state index contributed by atoms with van der Waals surface area (Å²) >= 11 is 0. The van der Waals surface area contributed by atoms with Crippen LogP contribution >= 0.6 is 0 Å². The molecular weight excluding hydrogens is 406 g/mol. The maximum absolute atomic E-state index is 13.5. The largest absolute Gasteiger partial charge is 0.382 e. The van der Waals surface area contributed by atoms with Crippen molar-refractivity contribution < 1.29 is 14.3 Å². The van der Waals surface area contributed by atoms with Gasteiger partial charge in [-0.25, -0.2) is 5.43 Å². The highest BCUT2D eigenvalue weighted by Gasteiger charge is 2.53. The Morgan fingerprint density at radius 2 is 1.94 bits per heavy atom. The Kier molecular flexibility index (Phi) is 6.24. The molecule has 8 heteroatoms. The Balaban J connectivity index is 1.23. The first kappa shape index (κ1) is 22.6. The molecule has 3 heterocycles. The molecule has 5 fully saturated rings. The maximum atomic E-state index is 13.5. The minimum Gasteiger partial charge on any atom is -0.382 e. The number of fused-ring (bicyclic) bond motifs is 2. The second kappa shape index (κ2) is 8.85. The highest BCUT2D eigenvalue weighted by Crippen LogP contribution is 2.42. The number of ether oxygens (including phenoxy) is 1. The van der Waals surface area contributed by atoms with E-state index in [0.29, 0.717) is 25.1 Å². The predicted octanol–water partition coefficient (Wildman–Crippen LogP) is 0.874. The van der Waals surface area contributed by atoms with Gasteiger partial charge >= 0.3 is 0 Å². The molecule has 180 valence electrons. The van der Waals surface area contributed by atoms with E-state index in [1.54, 1.807) is 7.11 Å². The van der Waals surface area contributed by atoms with Crippen molar-refractivity contribution in [2.45, 2.75) is 88.0 Å². The van der Waals surface area contributed by atoms with E-state index in [-0.39, 0.29) is 41.4 Å². The van der Waals surface area contributed by atoms with E-state index in [9.17, 15) is 9.59 Å². The van der Waals surface area contributed by atoms with Crippen LogP contribution in [0.1, 0.15) is 58.3 Å². The molecule has 0 radical (unpaired) electrons. The quantitative estimate of drug-likeness (QED) is 0.560. The number of carbonyl (C=O) groups is 2. The summed E-state index contributed by atoms with van der Waals surface area (Å²) in [7, 11) is 3.60. The van der Waals surface area contributed by atoms with Gasteiger partial charge in [-0.3, -0.25) is 15.0 Å². The molecule has 0 bridgehead atoms. The summed E-state index contributed by atoms with van der Waals surface area (Å²) in [5.74, 6) is 1.87. The van der Waals surface area contributed by atoms with Gasteiger partial charge in [-0.15, -0.1) is 0 Å². The lowest BCUT2D eigenvalue weighted by molar-refractivity contribution is -0.140. The number of hydrogen-bond acceptors (Lipinski definition) is 6. The number of likely N-dealkylation sites (N-methyl/N-ethyl adjacent to an activating group) is 1. The number of nitrogens with one attached hydrogen (secondary N) is 3. The van der Waals surface area contributed by atoms with Gasteiger partial charge in [0.25, 0.3) is 0 Å². The van der Waals surface area contributed by atoms with E-state index in [2.05, 4.69) is 23.1 Å². The van der Waals surface area contributed by atoms with Gasteiger partial charge in [0.1, 0.15) is 6.04 Å². The Morgan fingerprint density at radius 1 is 1.12 bits per heavy atom. The van der Waals surface area contributed by atoms with Crippen molar-refractivity contribution in [3.05, 3.63) is 0 Å². The van der Waals surface area contributed by atoms with Crippen LogP contribution in [0.15, 0.2) is 0 Å². The highest BCUT2D eigenvalue weighted by atomic mass is 16.5. The number of hydrazine groups is 1. The smallest absolute Gasteiger partial charge is 0.241 e. The standard InChI is InChI=1S/C24H41N5O3/c1-4-15-6-5-7-18-16(15)12-20(25-18)22(30)29-11-8-19-17(13-29)21(27-26-19)23(31)28(2)24(9-10-24)14-32-3/h15-21,25-27H,4-14H2,1-3H3. The topological polar surface area (TPSA) is 85.9 Å². The van der Waals surface area contributed by atoms with Crippen LogP contribution in [0.2, 0.25) is 0 Å². The minimum absolute atomic E-state index is 0.0516. The molecule has 0 aromatic carbocycles. The van der Waals surface area contributed by atoms with Crippen molar-refractivity contribution in [3.8, 4) is 0 Å². The normalized spacial score (nSPS) is 40.0. The third kappa shape index (κ3) is 3.87. The van der Waals surface area contributed by atoms with Crippen LogP contribution in [0.5, 0.6) is 0 Å². The molecule has 3 aliphatic heterocycles. The lowest BCUT2D eigenvalue weighted by Gasteiger charge is -2.38. The zero-order valence-electron chi connectivity index (χ0n) is 19.9. The molecule has 2 amide bonds. The molecule has 2 aliphatic carbocycles. The Bertz CT molecular complexity index is 728. The SMILES string of the molecule is CCC1CCCC2NC(C(=O)N3CCC4NNC(C(=O)N(C)C5(COC)CC5)C4C3)CC12. The van der Waals surface area contributed by atoms with Crippen LogP contribution in [0.25, 0.3) is 0 Å². The van der Waals surface area contributed by atoms with Crippen LogP contribution < -0.4 is 16.2 Å². The van der Waals surface area contributed by atoms with Gasteiger partial charge in [0, 0.05) is 45.2 Å². The van der Waals surface area contributed by atoms with E-state index >= 15 is 0 Å². The van der Waals surface area contributed by atoms with Gasteiger partial charge in [0.2, 0.25) is 11.8 Å². The van der Waals surface area contributed by atoms with Gasteiger partial charge in [-0.1, -0.05) is 26.2 Å². The Morgan fingerprint density at radius 3 is 2.66 bits per heavy atom. The molecule has 32 heavy (non-hydrogen) atoms. The van der Waals surface area contributed by atoms with Gasteiger partial charge in [-0.2, -0.15) is 0 Å². The molecule has 3 saturated heterocycles. The molecule has 0 spiro atoms. The molecule has 7 atom stereocenters. The maximum Gasteiger partial charge on any atom is 0.241 e. The second-order valence-corrected chi connectivity index (χ2v) is 11.0. The molecular formula is C24H41N5O3. The molecule has 5 rings (SSSR count). The molecule has 0 aromatic rings. The van der Waals surface area contributed by atoms with Crippen LogP contribution in [0, 0.1) is 17.8 Å². The summed E-state index contributed by atoms with van der Waals surface area (Å²) in [5, 5.41) is 3.70. The summed E-state index contributed by atoms with van der Waals surface area (Å²) in [6.07, 6.45) is 8.87. The molecule has 8 nitrogen and oxygen atoms in total. The summed E-state index contributed by atoms with van der Waals surface area (Å²) in [5.41, 5.74) is 6.47. The third-order valence-electron chi connectivity index (χ3n) is 9.33. The number of hydrogen-bond donors (Lipinski definition) is 3. The van der Waals surface area contributed by atoms with Crippen molar-refractivity contribution in [2.75, 3.05) is 33.9 Å². The first-order valence-corrected chi connectivity index (χ1v) is 12.8. The van der Waals surface area contributed by atoms with Gasteiger partial charge < -0.3 is 19.9 Å². The number of nitrogens with zero attached hydrogens (tertiary/aromatic N) is 2. The average molecular weight is 448 g/mol. The Hall–Kier alpha value is -1.22. The van der Waals surface area contributed by atoms with Crippen LogP contribution in [-0.2, 0) is 14.3 Å². The van der Waals surface area contributed by atoms with Crippen LogP contribution in [-0.4, -0.2) is 85.2 Å². The lowest BCUT2D eigenvalue weighted by Crippen LogP contribution is -2.56. The lowest BCUT2D eigenvalue weighted by atomic mass is 9.75. The van der Waals surface area contributed by atoms with Gasteiger partial charge in [-0.05, 0) is 43.9 Å². The highest BCUT2D eigenvalue weighted by molar-refractivity contribution is 5.85.